The summed E-state index contributed by atoms with van der Waals surface area (Å²) in [6.45, 7) is 8.12. The van der Waals surface area contributed by atoms with Crippen LogP contribution in [0.15, 0.2) is 0 Å². The van der Waals surface area contributed by atoms with E-state index in [0.29, 0.717) is 5.75 Å². The van der Waals surface area contributed by atoms with Crippen LogP contribution in [0.2, 0.25) is 0 Å². The highest BCUT2D eigenvalue weighted by Gasteiger charge is 2.12. The molecule has 1 amide bonds. The summed E-state index contributed by atoms with van der Waals surface area (Å²) in [5.41, 5.74) is 5.67. The highest BCUT2D eigenvalue weighted by molar-refractivity contribution is 7.99. The maximum absolute atomic E-state index is 12.0. The Morgan fingerprint density at radius 2 is 1.76 bits per heavy atom. The Balaban J connectivity index is 3.93. The molecule has 0 aromatic carbocycles. The fourth-order valence-corrected chi connectivity index (χ4v) is 2.33. The molecule has 2 N–H and O–H groups in total. The lowest BCUT2D eigenvalue weighted by atomic mass is 10.2. The van der Waals surface area contributed by atoms with Gasteiger partial charge in [-0.3, -0.25) is 4.79 Å². The predicted octanol–water partition coefficient (Wildman–Crippen LogP) is 2.50. The van der Waals surface area contributed by atoms with Gasteiger partial charge in [0.15, 0.2) is 0 Å². The first-order valence-electron chi connectivity index (χ1n) is 6.72. The second-order valence-electron chi connectivity index (χ2n) is 4.58. The van der Waals surface area contributed by atoms with E-state index in [1.807, 2.05) is 11.8 Å². The molecular weight excluding hydrogens is 232 g/mol. The first-order valence-corrected chi connectivity index (χ1v) is 7.88. The molecule has 1 atom stereocenters. The van der Waals surface area contributed by atoms with Crippen molar-refractivity contribution >= 4 is 17.7 Å². The molecule has 102 valence electrons. The van der Waals surface area contributed by atoms with Gasteiger partial charge in [-0.25, -0.2) is 0 Å². The van der Waals surface area contributed by atoms with Gasteiger partial charge in [-0.1, -0.05) is 26.7 Å². The van der Waals surface area contributed by atoms with Crippen molar-refractivity contribution < 1.29 is 4.79 Å². The average Bonchev–Trinajstić information content (AvgIpc) is 2.28. The van der Waals surface area contributed by atoms with Gasteiger partial charge in [0, 0.05) is 24.9 Å². The zero-order valence-electron chi connectivity index (χ0n) is 11.6. The highest BCUT2D eigenvalue weighted by Crippen LogP contribution is 2.06. The van der Waals surface area contributed by atoms with Crippen LogP contribution in [-0.2, 0) is 4.79 Å². The summed E-state index contributed by atoms with van der Waals surface area (Å²) in [6, 6.07) is 0.174. The van der Waals surface area contributed by atoms with Crippen molar-refractivity contribution in [2.75, 3.05) is 24.6 Å². The zero-order chi connectivity index (χ0) is 13.1. The molecule has 0 saturated carbocycles. The third-order valence-corrected chi connectivity index (χ3v) is 3.73. The molecule has 0 bridgehead atoms. The Morgan fingerprint density at radius 3 is 2.18 bits per heavy atom. The minimum Gasteiger partial charge on any atom is -0.342 e. The van der Waals surface area contributed by atoms with Gasteiger partial charge in [0.05, 0.1) is 5.75 Å². The summed E-state index contributed by atoms with van der Waals surface area (Å²) in [7, 11) is 0. The normalized spacial score (nSPS) is 12.5. The van der Waals surface area contributed by atoms with Crippen LogP contribution >= 0.6 is 11.8 Å². The molecular formula is C13H28N2OS. The molecule has 0 aliphatic carbocycles. The Labute approximate surface area is 111 Å². The van der Waals surface area contributed by atoms with Gasteiger partial charge in [-0.15, -0.1) is 0 Å². The lowest BCUT2D eigenvalue weighted by Crippen LogP contribution is -2.34. The van der Waals surface area contributed by atoms with Crippen molar-refractivity contribution in [3.8, 4) is 0 Å². The minimum absolute atomic E-state index is 0.174. The summed E-state index contributed by atoms with van der Waals surface area (Å²) < 4.78 is 0. The summed E-state index contributed by atoms with van der Waals surface area (Å²) in [5.74, 6) is 1.72. The average molecular weight is 260 g/mol. The lowest BCUT2D eigenvalue weighted by Gasteiger charge is -2.22. The maximum atomic E-state index is 12.0. The Bertz CT molecular complexity index is 190. The molecule has 0 radical (unpaired) electrons. The molecule has 0 spiro atoms. The van der Waals surface area contributed by atoms with Crippen LogP contribution in [0.1, 0.15) is 46.5 Å². The van der Waals surface area contributed by atoms with Crippen molar-refractivity contribution in [1.82, 2.24) is 4.90 Å². The molecule has 0 aromatic heterocycles. The third-order valence-electron chi connectivity index (χ3n) is 2.52. The summed E-state index contributed by atoms with van der Waals surface area (Å²) in [6.07, 6.45) is 4.49. The first kappa shape index (κ1) is 16.8. The van der Waals surface area contributed by atoms with Crippen LogP contribution < -0.4 is 5.73 Å². The molecule has 3 nitrogen and oxygen atoms in total. The molecule has 17 heavy (non-hydrogen) atoms. The van der Waals surface area contributed by atoms with E-state index in [1.54, 1.807) is 11.8 Å². The molecule has 0 rings (SSSR count). The number of carbonyl (C=O) groups excluding carboxylic acids is 1. The van der Waals surface area contributed by atoms with Crippen molar-refractivity contribution in [2.45, 2.75) is 52.5 Å². The second kappa shape index (κ2) is 10.9. The standard InChI is InChI=1S/C13H28N2OS/c1-4-6-8-15(9-7-5-2)13(16)11-17-10-12(3)14/h12H,4-11,14H2,1-3H3. The van der Waals surface area contributed by atoms with Crippen LogP contribution in [0, 0.1) is 0 Å². The predicted molar refractivity (Wildman–Crippen MR) is 77.4 cm³/mol. The number of hydrogen-bond donors (Lipinski definition) is 1. The maximum Gasteiger partial charge on any atom is 0.232 e. The fraction of sp³-hybridized carbons (Fsp3) is 0.923. The summed E-state index contributed by atoms with van der Waals surface area (Å²) in [5, 5.41) is 0. The van der Waals surface area contributed by atoms with Crippen LogP contribution in [0.5, 0.6) is 0 Å². The van der Waals surface area contributed by atoms with Gasteiger partial charge in [-0.05, 0) is 19.8 Å². The SMILES string of the molecule is CCCCN(CCCC)C(=O)CSCC(C)N. The smallest absolute Gasteiger partial charge is 0.232 e. The lowest BCUT2D eigenvalue weighted by molar-refractivity contribution is -0.128. The number of carbonyl (C=O) groups is 1. The van der Waals surface area contributed by atoms with E-state index >= 15 is 0 Å². The van der Waals surface area contributed by atoms with E-state index in [2.05, 4.69) is 13.8 Å². The molecule has 0 fully saturated rings. The van der Waals surface area contributed by atoms with Crippen molar-refractivity contribution in [3.05, 3.63) is 0 Å². The van der Waals surface area contributed by atoms with Gasteiger partial charge in [0.2, 0.25) is 5.91 Å². The number of rotatable bonds is 10. The van der Waals surface area contributed by atoms with E-state index in [0.717, 1.165) is 44.5 Å². The monoisotopic (exact) mass is 260 g/mol. The molecule has 1 unspecified atom stereocenters. The largest absolute Gasteiger partial charge is 0.342 e. The number of nitrogens with zero attached hydrogens (tertiary/aromatic N) is 1. The van der Waals surface area contributed by atoms with Crippen LogP contribution in [0.4, 0.5) is 0 Å². The van der Waals surface area contributed by atoms with Gasteiger partial charge in [0.1, 0.15) is 0 Å². The van der Waals surface area contributed by atoms with Gasteiger partial charge in [-0.2, -0.15) is 11.8 Å². The number of amides is 1. The van der Waals surface area contributed by atoms with Gasteiger partial charge >= 0.3 is 0 Å². The first-order chi connectivity index (χ1) is 8.11. The summed E-state index contributed by atoms with van der Waals surface area (Å²) >= 11 is 1.65. The molecule has 0 heterocycles. The minimum atomic E-state index is 0.174. The molecule has 0 aliphatic rings. The third kappa shape index (κ3) is 9.48. The Hall–Kier alpha value is -0.220. The number of thioether (sulfide) groups is 1. The van der Waals surface area contributed by atoms with E-state index in [-0.39, 0.29) is 11.9 Å². The molecule has 4 heteroatoms. The fourth-order valence-electron chi connectivity index (χ4n) is 1.48. The Morgan fingerprint density at radius 1 is 1.24 bits per heavy atom. The van der Waals surface area contributed by atoms with Crippen molar-refractivity contribution in [3.63, 3.8) is 0 Å². The number of unbranched alkanes of at least 4 members (excludes halogenated alkanes) is 2. The quantitative estimate of drug-likeness (QED) is 0.656. The van der Waals surface area contributed by atoms with Gasteiger partial charge < -0.3 is 10.6 Å². The van der Waals surface area contributed by atoms with Gasteiger partial charge in [0.25, 0.3) is 0 Å². The zero-order valence-corrected chi connectivity index (χ0v) is 12.4. The van der Waals surface area contributed by atoms with Crippen LogP contribution in [0.3, 0.4) is 0 Å². The van der Waals surface area contributed by atoms with Crippen molar-refractivity contribution in [2.24, 2.45) is 5.73 Å². The van der Waals surface area contributed by atoms with Crippen LogP contribution in [-0.4, -0.2) is 41.4 Å². The second-order valence-corrected chi connectivity index (χ2v) is 5.61. The molecule has 0 aromatic rings. The van der Waals surface area contributed by atoms with Crippen LogP contribution in [0.25, 0.3) is 0 Å². The topological polar surface area (TPSA) is 46.3 Å². The highest BCUT2D eigenvalue weighted by atomic mass is 32.2. The molecule has 0 aliphatic heterocycles. The van der Waals surface area contributed by atoms with E-state index in [1.165, 1.54) is 0 Å². The summed E-state index contributed by atoms with van der Waals surface area (Å²) in [4.78, 5) is 14.0. The van der Waals surface area contributed by atoms with E-state index in [4.69, 9.17) is 5.73 Å². The number of nitrogens with two attached hydrogens (primary N) is 1. The Kier molecular flexibility index (Phi) is 10.8. The molecule has 0 saturated heterocycles. The number of hydrogen-bond acceptors (Lipinski definition) is 3. The van der Waals surface area contributed by atoms with E-state index < -0.39 is 0 Å². The van der Waals surface area contributed by atoms with Crippen molar-refractivity contribution in [1.29, 1.82) is 0 Å². The van der Waals surface area contributed by atoms with E-state index in [9.17, 15) is 4.79 Å².